The van der Waals surface area contributed by atoms with Crippen molar-refractivity contribution >= 4 is 23.7 Å². The third-order valence-corrected chi connectivity index (χ3v) is 3.39. The van der Waals surface area contributed by atoms with Crippen molar-refractivity contribution in [3.05, 3.63) is 46.2 Å². The van der Waals surface area contributed by atoms with E-state index in [1.165, 1.54) is 7.11 Å². The van der Waals surface area contributed by atoms with Gasteiger partial charge in [-0.2, -0.15) is 0 Å². The summed E-state index contributed by atoms with van der Waals surface area (Å²) < 4.78 is 5.05. The minimum Gasteiger partial charge on any atom is -0.504 e. The number of hydrogen-bond donors (Lipinski definition) is 2. The number of phenols is 1. The van der Waals surface area contributed by atoms with E-state index in [4.69, 9.17) is 10.5 Å². The molecule has 3 nitrogen and oxygen atoms in total. The monoisotopic (exact) mass is 271 g/mol. The third-order valence-electron chi connectivity index (χ3n) is 2.43. The molecular weight excluding hydrogens is 258 g/mol. The molecule has 0 aliphatic carbocycles. The van der Waals surface area contributed by atoms with Crippen LogP contribution in [-0.4, -0.2) is 12.2 Å². The van der Waals surface area contributed by atoms with Crippen molar-refractivity contribution in [3.8, 4) is 11.5 Å². The van der Waals surface area contributed by atoms with Gasteiger partial charge in [0.15, 0.2) is 11.5 Å². The molecule has 0 aliphatic rings. The highest BCUT2D eigenvalue weighted by Gasteiger charge is 2.16. The lowest BCUT2D eigenvalue weighted by Gasteiger charge is -2.13. The molecule has 1 aromatic heterocycles. The van der Waals surface area contributed by atoms with E-state index < -0.39 is 0 Å². The Labute approximate surface area is 110 Å². The average Bonchev–Trinajstić information content (AvgIpc) is 2.82. The molecule has 5 heteroatoms. The molecule has 0 saturated heterocycles. The fourth-order valence-corrected chi connectivity index (χ4v) is 2.32. The molecule has 92 valence electrons. The molecule has 3 N–H and O–H groups in total. The average molecular weight is 272 g/mol. The second-order valence-electron chi connectivity index (χ2n) is 3.39. The largest absolute Gasteiger partial charge is 0.504 e. The van der Waals surface area contributed by atoms with Crippen LogP contribution >= 0.6 is 23.7 Å². The first-order valence-electron chi connectivity index (χ1n) is 4.89. The Morgan fingerprint density at radius 2 is 2.06 bits per heavy atom. The van der Waals surface area contributed by atoms with Crippen LogP contribution in [0.15, 0.2) is 35.7 Å². The van der Waals surface area contributed by atoms with Crippen molar-refractivity contribution in [3.63, 3.8) is 0 Å². The maximum atomic E-state index is 9.96. The number of phenolic OH excluding ortho intramolecular Hbond substituents is 1. The van der Waals surface area contributed by atoms with Gasteiger partial charge in [0, 0.05) is 10.4 Å². The van der Waals surface area contributed by atoms with Crippen molar-refractivity contribution in [2.24, 2.45) is 5.73 Å². The second kappa shape index (κ2) is 5.91. The first kappa shape index (κ1) is 13.8. The number of methoxy groups -OCH3 is 1. The Bertz CT molecular complexity index is 473. The van der Waals surface area contributed by atoms with Gasteiger partial charge in [-0.1, -0.05) is 18.2 Å². The number of ether oxygens (including phenoxy) is 1. The Balaban J connectivity index is 0.00000144. The summed E-state index contributed by atoms with van der Waals surface area (Å²) in [5.74, 6) is 0.565. The van der Waals surface area contributed by atoms with Gasteiger partial charge in [-0.3, -0.25) is 0 Å². The number of benzene rings is 1. The van der Waals surface area contributed by atoms with Gasteiger partial charge in [0.1, 0.15) is 0 Å². The smallest absolute Gasteiger partial charge is 0.162 e. The van der Waals surface area contributed by atoms with E-state index in [1.54, 1.807) is 17.4 Å². The Hall–Kier alpha value is -1.23. The third kappa shape index (κ3) is 2.72. The lowest BCUT2D eigenvalue weighted by molar-refractivity contribution is 0.369. The van der Waals surface area contributed by atoms with Gasteiger partial charge in [-0.25, -0.2) is 0 Å². The van der Waals surface area contributed by atoms with Crippen LogP contribution in [-0.2, 0) is 0 Å². The number of nitrogens with two attached hydrogens (primary N) is 1. The van der Waals surface area contributed by atoms with Crippen molar-refractivity contribution in [1.29, 1.82) is 0 Å². The maximum absolute atomic E-state index is 9.96. The molecule has 1 atom stereocenters. The predicted octanol–water partition coefficient (Wildman–Crippen LogP) is 2.93. The minimum absolute atomic E-state index is 0. The van der Waals surface area contributed by atoms with Crippen LogP contribution in [0, 0.1) is 0 Å². The highest BCUT2D eigenvalue weighted by molar-refractivity contribution is 7.10. The van der Waals surface area contributed by atoms with Gasteiger partial charge >= 0.3 is 0 Å². The standard InChI is InChI=1S/C12H13NO2S.ClH/c1-15-9-5-2-4-8(12(9)14)11(13)10-6-3-7-16-10;/h2-7,11,14H,13H2,1H3;1H/t11-;/m0./s1. The SMILES string of the molecule is COc1cccc([C@H](N)c2cccs2)c1O.Cl. The van der Waals surface area contributed by atoms with E-state index in [0.29, 0.717) is 11.3 Å². The van der Waals surface area contributed by atoms with Crippen LogP contribution in [0.2, 0.25) is 0 Å². The van der Waals surface area contributed by atoms with Crippen LogP contribution in [0.3, 0.4) is 0 Å². The summed E-state index contributed by atoms with van der Waals surface area (Å²) in [6, 6.07) is 8.92. The number of hydrogen-bond acceptors (Lipinski definition) is 4. The molecular formula is C12H14ClNO2S. The van der Waals surface area contributed by atoms with Gasteiger partial charge < -0.3 is 15.6 Å². The first-order valence-corrected chi connectivity index (χ1v) is 5.77. The second-order valence-corrected chi connectivity index (χ2v) is 4.37. The number of halogens is 1. The molecule has 0 unspecified atom stereocenters. The summed E-state index contributed by atoms with van der Waals surface area (Å²) in [5.41, 5.74) is 6.76. The Morgan fingerprint density at radius 1 is 1.29 bits per heavy atom. The highest BCUT2D eigenvalue weighted by Crippen LogP contribution is 2.35. The maximum Gasteiger partial charge on any atom is 0.162 e. The van der Waals surface area contributed by atoms with E-state index in [9.17, 15) is 5.11 Å². The van der Waals surface area contributed by atoms with Crippen molar-refractivity contribution < 1.29 is 9.84 Å². The molecule has 0 aliphatic heterocycles. The number of thiophene rings is 1. The van der Waals surface area contributed by atoms with E-state index in [0.717, 1.165) is 4.88 Å². The van der Waals surface area contributed by atoms with Crippen molar-refractivity contribution in [2.45, 2.75) is 6.04 Å². The molecule has 1 heterocycles. The van der Waals surface area contributed by atoms with Crippen LogP contribution in [0.4, 0.5) is 0 Å². The molecule has 2 aromatic rings. The topological polar surface area (TPSA) is 55.5 Å². The van der Waals surface area contributed by atoms with E-state index >= 15 is 0 Å². The number of para-hydroxylation sites is 1. The van der Waals surface area contributed by atoms with E-state index in [1.807, 2.05) is 29.6 Å². The summed E-state index contributed by atoms with van der Waals surface area (Å²) in [4.78, 5) is 1.02. The Kier molecular flexibility index (Phi) is 4.81. The first-order chi connectivity index (χ1) is 7.74. The molecule has 0 amide bonds. The molecule has 0 radical (unpaired) electrons. The highest BCUT2D eigenvalue weighted by atomic mass is 35.5. The van der Waals surface area contributed by atoms with Crippen LogP contribution < -0.4 is 10.5 Å². The fraction of sp³-hybridized carbons (Fsp3) is 0.167. The number of rotatable bonds is 3. The van der Waals surface area contributed by atoms with Gasteiger partial charge in [0.2, 0.25) is 0 Å². The molecule has 1 aromatic carbocycles. The summed E-state index contributed by atoms with van der Waals surface area (Å²) >= 11 is 1.57. The predicted molar refractivity (Wildman–Crippen MR) is 72.3 cm³/mol. The van der Waals surface area contributed by atoms with Crippen LogP contribution in [0.5, 0.6) is 11.5 Å². The summed E-state index contributed by atoms with van der Waals surface area (Å²) in [7, 11) is 1.52. The van der Waals surface area contributed by atoms with Crippen molar-refractivity contribution in [2.75, 3.05) is 7.11 Å². The zero-order chi connectivity index (χ0) is 11.5. The minimum atomic E-state index is -0.310. The molecule has 0 saturated carbocycles. The van der Waals surface area contributed by atoms with Gasteiger partial charge in [0.05, 0.1) is 13.2 Å². The van der Waals surface area contributed by atoms with Gasteiger partial charge in [0.25, 0.3) is 0 Å². The quantitative estimate of drug-likeness (QED) is 0.902. The van der Waals surface area contributed by atoms with Crippen molar-refractivity contribution in [1.82, 2.24) is 0 Å². The molecule has 17 heavy (non-hydrogen) atoms. The molecule has 0 fully saturated rings. The lowest BCUT2D eigenvalue weighted by atomic mass is 10.0. The summed E-state index contributed by atoms with van der Waals surface area (Å²) in [6.07, 6.45) is 0. The van der Waals surface area contributed by atoms with Gasteiger partial charge in [-0.15, -0.1) is 23.7 Å². The zero-order valence-corrected chi connectivity index (χ0v) is 10.9. The zero-order valence-electron chi connectivity index (χ0n) is 9.29. The summed E-state index contributed by atoms with van der Waals surface area (Å²) in [6.45, 7) is 0. The lowest BCUT2D eigenvalue weighted by Crippen LogP contribution is -2.10. The van der Waals surface area contributed by atoms with E-state index in [2.05, 4.69) is 0 Å². The van der Waals surface area contributed by atoms with Gasteiger partial charge in [-0.05, 0) is 17.5 Å². The Morgan fingerprint density at radius 3 is 2.65 bits per heavy atom. The van der Waals surface area contributed by atoms with Crippen LogP contribution in [0.1, 0.15) is 16.5 Å². The molecule has 0 bridgehead atoms. The number of aromatic hydroxyl groups is 1. The molecule has 0 spiro atoms. The summed E-state index contributed by atoms with van der Waals surface area (Å²) in [5, 5.41) is 11.9. The fourth-order valence-electron chi connectivity index (χ4n) is 1.58. The van der Waals surface area contributed by atoms with Crippen LogP contribution in [0.25, 0.3) is 0 Å². The molecule has 2 rings (SSSR count). The normalized spacial score (nSPS) is 11.6. The van der Waals surface area contributed by atoms with E-state index in [-0.39, 0.29) is 24.2 Å².